The highest BCUT2D eigenvalue weighted by atomic mass is 35.5. The van der Waals surface area contributed by atoms with Crippen LogP contribution in [-0.4, -0.2) is 39.7 Å². The van der Waals surface area contributed by atoms with Crippen molar-refractivity contribution < 1.29 is 14.4 Å². The molecule has 2 atom stereocenters. The number of anilines is 1. The molecule has 0 unspecified atom stereocenters. The second-order valence-electron chi connectivity index (χ2n) is 4.74. The Bertz CT molecular complexity index is 556. The Kier molecular flexibility index (Phi) is 4.90. The molecule has 2 rings (SSSR count). The van der Waals surface area contributed by atoms with Gasteiger partial charge in [0.2, 0.25) is 17.7 Å². The highest BCUT2D eigenvalue weighted by Gasteiger charge is 2.37. The van der Waals surface area contributed by atoms with Crippen molar-refractivity contribution in [2.45, 2.75) is 24.3 Å². The van der Waals surface area contributed by atoms with Crippen molar-refractivity contribution in [3.05, 3.63) is 29.3 Å². The molecule has 1 saturated heterocycles. The number of nitrogens with one attached hydrogen (secondary N) is 1. The molecule has 1 N–H and O–H groups in total. The van der Waals surface area contributed by atoms with E-state index in [1.807, 2.05) is 0 Å². The van der Waals surface area contributed by atoms with E-state index in [-0.39, 0.29) is 28.9 Å². The van der Waals surface area contributed by atoms with Gasteiger partial charge in [-0.15, -0.1) is 11.8 Å². The third-order valence-electron chi connectivity index (χ3n) is 3.07. The van der Waals surface area contributed by atoms with Crippen LogP contribution in [0.2, 0.25) is 5.02 Å². The van der Waals surface area contributed by atoms with Gasteiger partial charge in [0.15, 0.2) is 0 Å². The Hall–Kier alpha value is -1.53. The number of thioether (sulfide) groups is 1. The van der Waals surface area contributed by atoms with E-state index in [1.54, 1.807) is 38.1 Å². The third kappa shape index (κ3) is 3.77. The molecule has 0 saturated carbocycles. The lowest BCUT2D eigenvalue weighted by atomic mass is 10.3. The lowest BCUT2D eigenvalue weighted by molar-refractivity contribution is -0.147. The minimum absolute atomic E-state index is 0.268. The summed E-state index contributed by atoms with van der Waals surface area (Å²) in [5.41, 5.74) is 0.566. The molecule has 0 aromatic heterocycles. The molecule has 112 valence electrons. The molecular weight excluding hydrogens is 312 g/mol. The molecule has 0 spiro atoms. The average Bonchev–Trinajstić information content (AvgIpc) is 2.44. The van der Waals surface area contributed by atoms with Crippen molar-refractivity contribution in [2.24, 2.45) is 0 Å². The van der Waals surface area contributed by atoms with Gasteiger partial charge in [0.05, 0.1) is 10.5 Å². The maximum atomic E-state index is 12.0. The smallest absolute Gasteiger partial charge is 0.244 e. The minimum atomic E-state index is -0.412. The largest absolute Gasteiger partial charge is 0.325 e. The van der Waals surface area contributed by atoms with Crippen molar-refractivity contribution in [3.63, 3.8) is 0 Å². The van der Waals surface area contributed by atoms with Crippen LogP contribution >= 0.6 is 23.4 Å². The van der Waals surface area contributed by atoms with Gasteiger partial charge in [0.25, 0.3) is 0 Å². The van der Waals surface area contributed by atoms with Gasteiger partial charge in [-0.05, 0) is 38.1 Å². The fourth-order valence-corrected chi connectivity index (χ4v) is 3.23. The summed E-state index contributed by atoms with van der Waals surface area (Å²) in [5.74, 6) is -1.06. The van der Waals surface area contributed by atoms with Crippen LogP contribution < -0.4 is 5.32 Å². The quantitative estimate of drug-likeness (QED) is 0.864. The molecule has 1 fully saturated rings. The summed E-state index contributed by atoms with van der Waals surface area (Å²) in [6, 6.07) is 6.60. The topological polar surface area (TPSA) is 66.5 Å². The summed E-state index contributed by atoms with van der Waals surface area (Å²) in [7, 11) is 0. The number of halogens is 1. The fourth-order valence-electron chi connectivity index (χ4n) is 2.00. The molecule has 1 aliphatic heterocycles. The normalized spacial score (nSPS) is 22.3. The molecule has 1 aliphatic rings. The Morgan fingerprint density at radius 2 is 1.71 bits per heavy atom. The van der Waals surface area contributed by atoms with Crippen LogP contribution in [0.25, 0.3) is 0 Å². The summed E-state index contributed by atoms with van der Waals surface area (Å²) in [4.78, 5) is 37.0. The standard InChI is InChI=1S/C14H15ClN2O3S/c1-8-13(19)17(14(20)9(2)21-8)7-12(18)16-11-5-3-10(15)4-6-11/h3-6,8-9H,7H2,1-2H3,(H,16,18)/t8-,9+. The van der Waals surface area contributed by atoms with Gasteiger partial charge in [-0.3, -0.25) is 19.3 Å². The molecule has 1 heterocycles. The van der Waals surface area contributed by atoms with E-state index in [4.69, 9.17) is 11.6 Å². The van der Waals surface area contributed by atoms with E-state index < -0.39 is 5.91 Å². The lowest BCUT2D eigenvalue weighted by Gasteiger charge is -2.31. The van der Waals surface area contributed by atoms with Crippen molar-refractivity contribution in [2.75, 3.05) is 11.9 Å². The number of imide groups is 1. The first-order chi connectivity index (χ1) is 9.88. The van der Waals surface area contributed by atoms with Crippen molar-refractivity contribution >= 4 is 46.8 Å². The van der Waals surface area contributed by atoms with Crippen LogP contribution in [0.3, 0.4) is 0 Å². The molecule has 0 radical (unpaired) electrons. The van der Waals surface area contributed by atoms with Gasteiger partial charge in [-0.1, -0.05) is 11.6 Å². The van der Waals surface area contributed by atoms with Gasteiger partial charge in [0.1, 0.15) is 6.54 Å². The van der Waals surface area contributed by atoms with Crippen LogP contribution in [0.1, 0.15) is 13.8 Å². The van der Waals surface area contributed by atoms with Crippen LogP contribution in [0.5, 0.6) is 0 Å². The fraction of sp³-hybridized carbons (Fsp3) is 0.357. The number of amides is 3. The number of rotatable bonds is 3. The number of carbonyl (C=O) groups is 3. The number of nitrogens with zero attached hydrogens (tertiary/aromatic N) is 1. The maximum absolute atomic E-state index is 12.0. The first kappa shape index (κ1) is 15.9. The van der Waals surface area contributed by atoms with Crippen LogP contribution in [-0.2, 0) is 14.4 Å². The summed E-state index contributed by atoms with van der Waals surface area (Å²) in [6.07, 6.45) is 0. The van der Waals surface area contributed by atoms with E-state index in [1.165, 1.54) is 11.8 Å². The first-order valence-corrected chi connectivity index (χ1v) is 7.76. The van der Waals surface area contributed by atoms with Gasteiger partial charge in [0, 0.05) is 10.7 Å². The minimum Gasteiger partial charge on any atom is -0.325 e. The predicted molar refractivity (Wildman–Crippen MR) is 83.3 cm³/mol. The van der Waals surface area contributed by atoms with E-state index in [9.17, 15) is 14.4 Å². The van der Waals surface area contributed by atoms with Crippen molar-refractivity contribution in [3.8, 4) is 0 Å². The van der Waals surface area contributed by atoms with Crippen molar-refractivity contribution in [1.82, 2.24) is 4.90 Å². The summed E-state index contributed by atoms with van der Waals surface area (Å²) in [5, 5.41) is 2.56. The Morgan fingerprint density at radius 1 is 1.19 bits per heavy atom. The maximum Gasteiger partial charge on any atom is 0.244 e. The van der Waals surface area contributed by atoms with E-state index >= 15 is 0 Å². The zero-order chi connectivity index (χ0) is 15.6. The summed E-state index contributed by atoms with van der Waals surface area (Å²) < 4.78 is 0. The molecule has 3 amide bonds. The number of hydrogen-bond donors (Lipinski definition) is 1. The SMILES string of the molecule is C[C@@H]1S[C@H](C)C(=O)N(CC(=O)Nc2ccc(Cl)cc2)C1=O. The molecule has 0 bridgehead atoms. The van der Waals surface area contributed by atoms with Crippen molar-refractivity contribution in [1.29, 1.82) is 0 Å². The Morgan fingerprint density at radius 3 is 2.24 bits per heavy atom. The zero-order valence-electron chi connectivity index (χ0n) is 11.6. The summed E-state index contributed by atoms with van der Waals surface area (Å²) >= 11 is 7.07. The predicted octanol–water partition coefficient (Wildman–Crippen LogP) is 2.16. The number of carbonyl (C=O) groups excluding carboxylic acids is 3. The third-order valence-corrected chi connectivity index (χ3v) is 4.54. The Balaban J connectivity index is 2.02. The lowest BCUT2D eigenvalue weighted by Crippen LogP contribution is -2.52. The first-order valence-electron chi connectivity index (χ1n) is 6.44. The van der Waals surface area contributed by atoms with E-state index in [0.717, 1.165) is 4.90 Å². The molecule has 7 heteroatoms. The zero-order valence-corrected chi connectivity index (χ0v) is 13.2. The number of hydrogen-bond acceptors (Lipinski definition) is 4. The molecule has 1 aromatic rings. The van der Waals surface area contributed by atoms with Gasteiger partial charge in [-0.2, -0.15) is 0 Å². The molecule has 0 aliphatic carbocycles. The van der Waals surface area contributed by atoms with Gasteiger partial charge in [-0.25, -0.2) is 0 Å². The average molecular weight is 327 g/mol. The second kappa shape index (κ2) is 6.49. The molecule has 1 aromatic carbocycles. The van der Waals surface area contributed by atoms with Gasteiger partial charge < -0.3 is 5.32 Å². The molecule has 5 nitrogen and oxygen atoms in total. The van der Waals surface area contributed by atoms with Crippen LogP contribution in [0, 0.1) is 0 Å². The van der Waals surface area contributed by atoms with E-state index in [2.05, 4.69) is 5.32 Å². The molecular formula is C14H15ClN2O3S. The Labute approximate surface area is 132 Å². The summed E-state index contributed by atoms with van der Waals surface area (Å²) in [6.45, 7) is 3.20. The highest BCUT2D eigenvalue weighted by Crippen LogP contribution is 2.26. The van der Waals surface area contributed by atoms with Gasteiger partial charge >= 0.3 is 0 Å². The molecule has 21 heavy (non-hydrogen) atoms. The number of benzene rings is 1. The van der Waals surface area contributed by atoms with Crippen LogP contribution in [0.15, 0.2) is 24.3 Å². The highest BCUT2D eigenvalue weighted by molar-refractivity contribution is 8.02. The van der Waals surface area contributed by atoms with E-state index in [0.29, 0.717) is 10.7 Å². The van der Waals surface area contributed by atoms with Crippen LogP contribution in [0.4, 0.5) is 5.69 Å². The monoisotopic (exact) mass is 326 g/mol. The second-order valence-corrected chi connectivity index (χ2v) is 6.86.